The summed E-state index contributed by atoms with van der Waals surface area (Å²) in [5.74, 6) is 0.731. The van der Waals surface area contributed by atoms with E-state index in [1.807, 2.05) is 12.1 Å². The Labute approximate surface area is 156 Å². The summed E-state index contributed by atoms with van der Waals surface area (Å²) in [6, 6.07) is 10.7. The lowest BCUT2D eigenvalue weighted by Gasteiger charge is -2.37. The van der Waals surface area contributed by atoms with Crippen LogP contribution in [0, 0.1) is 17.2 Å². The van der Waals surface area contributed by atoms with Gasteiger partial charge in [0.15, 0.2) is 5.11 Å². The van der Waals surface area contributed by atoms with Gasteiger partial charge in [-0.1, -0.05) is 31.9 Å². The van der Waals surface area contributed by atoms with Crippen molar-refractivity contribution in [1.82, 2.24) is 10.2 Å². The highest BCUT2D eigenvalue weighted by Crippen LogP contribution is 2.23. The third kappa shape index (κ3) is 4.93. The van der Waals surface area contributed by atoms with Gasteiger partial charge in [-0.15, -0.1) is 0 Å². The minimum atomic E-state index is 0.560. The maximum Gasteiger partial charge on any atom is 0.169 e. The van der Waals surface area contributed by atoms with Gasteiger partial charge in [-0.2, -0.15) is 5.26 Å². The molecule has 1 aromatic rings. The Morgan fingerprint density at radius 1 is 1.24 bits per heavy atom. The number of benzene rings is 1. The quantitative estimate of drug-likeness (QED) is 0.809. The Morgan fingerprint density at radius 2 is 1.92 bits per heavy atom. The van der Waals surface area contributed by atoms with Crippen molar-refractivity contribution in [2.45, 2.75) is 45.2 Å². The minimum Gasteiger partial charge on any atom is -0.360 e. The number of piperazine rings is 1. The van der Waals surface area contributed by atoms with Gasteiger partial charge in [-0.25, -0.2) is 0 Å². The van der Waals surface area contributed by atoms with Crippen molar-refractivity contribution in [3.8, 4) is 6.07 Å². The van der Waals surface area contributed by atoms with Crippen LogP contribution >= 0.6 is 12.2 Å². The molecule has 0 radical (unpaired) electrons. The van der Waals surface area contributed by atoms with Crippen LogP contribution in [0.1, 0.15) is 43.7 Å². The molecular formula is C20H29N4S+. The fourth-order valence-electron chi connectivity index (χ4n) is 3.97. The van der Waals surface area contributed by atoms with Crippen LogP contribution in [0.2, 0.25) is 0 Å². The van der Waals surface area contributed by atoms with Crippen molar-refractivity contribution >= 4 is 17.3 Å². The molecular weight excluding hydrogens is 328 g/mol. The van der Waals surface area contributed by atoms with Gasteiger partial charge in [0.2, 0.25) is 0 Å². The molecule has 2 aliphatic rings. The molecule has 1 heterocycles. The number of nitriles is 1. The van der Waals surface area contributed by atoms with E-state index in [4.69, 9.17) is 17.5 Å². The van der Waals surface area contributed by atoms with Crippen molar-refractivity contribution in [1.29, 1.82) is 5.26 Å². The molecule has 1 saturated carbocycles. The fraction of sp³-hybridized carbons (Fsp3) is 0.600. The number of nitrogens with zero attached hydrogens (tertiary/aromatic N) is 2. The van der Waals surface area contributed by atoms with E-state index in [1.165, 1.54) is 31.2 Å². The van der Waals surface area contributed by atoms with Crippen molar-refractivity contribution in [2.75, 3.05) is 26.2 Å². The molecule has 0 spiro atoms. The molecule has 0 bridgehead atoms. The van der Waals surface area contributed by atoms with Crippen LogP contribution < -0.4 is 10.2 Å². The molecule has 3 rings (SSSR count). The Kier molecular flexibility index (Phi) is 6.28. The van der Waals surface area contributed by atoms with E-state index in [9.17, 15) is 0 Å². The van der Waals surface area contributed by atoms with Crippen LogP contribution in [0.5, 0.6) is 0 Å². The van der Waals surface area contributed by atoms with Crippen LogP contribution in [0.25, 0.3) is 0 Å². The molecule has 0 aromatic heterocycles. The lowest BCUT2D eigenvalue weighted by Crippen LogP contribution is -3.13. The standard InChI is InChI=1S/C20H28N4S/c1-16-4-2-3-5-19(16)22-20(25)24-12-10-23(11-13-24)15-18-8-6-17(14-21)7-9-18/h6-9,16,19H,2-5,10-13,15H2,1H3,(H,22,25)/p+1/t16-,19-/m0/s1. The number of rotatable bonds is 3. The third-order valence-corrected chi connectivity index (χ3v) is 6.09. The van der Waals surface area contributed by atoms with Crippen LogP contribution in [0.3, 0.4) is 0 Å². The summed E-state index contributed by atoms with van der Waals surface area (Å²) in [6.45, 7) is 7.65. The highest BCUT2D eigenvalue weighted by molar-refractivity contribution is 7.80. The molecule has 134 valence electrons. The van der Waals surface area contributed by atoms with Crippen LogP contribution in [0.4, 0.5) is 0 Å². The summed E-state index contributed by atoms with van der Waals surface area (Å²) in [6.07, 6.45) is 5.27. The van der Waals surface area contributed by atoms with Crippen molar-refractivity contribution in [3.63, 3.8) is 0 Å². The van der Waals surface area contributed by atoms with Gasteiger partial charge in [-0.3, -0.25) is 0 Å². The summed E-state index contributed by atoms with van der Waals surface area (Å²) < 4.78 is 0. The van der Waals surface area contributed by atoms with Gasteiger partial charge in [0.25, 0.3) is 0 Å². The van der Waals surface area contributed by atoms with E-state index < -0.39 is 0 Å². The van der Waals surface area contributed by atoms with Gasteiger partial charge >= 0.3 is 0 Å². The van der Waals surface area contributed by atoms with E-state index in [-0.39, 0.29) is 0 Å². The molecule has 25 heavy (non-hydrogen) atoms. The summed E-state index contributed by atoms with van der Waals surface area (Å²) in [5.41, 5.74) is 2.04. The molecule has 2 atom stereocenters. The van der Waals surface area contributed by atoms with Gasteiger partial charge < -0.3 is 15.1 Å². The summed E-state index contributed by atoms with van der Waals surface area (Å²) in [5, 5.41) is 13.5. The molecule has 0 amide bonds. The lowest BCUT2D eigenvalue weighted by atomic mass is 9.86. The number of thiocarbonyl (C=S) groups is 1. The molecule has 1 aromatic carbocycles. The zero-order valence-corrected chi connectivity index (χ0v) is 15.9. The van der Waals surface area contributed by atoms with Crippen molar-refractivity contribution < 1.29 is 4.90 Å². The van der Waals surface area contributed by atoms with Gasteiger partial charge in [0, 0.05) is 11.6 Å². The maximum absolute atomic E-state index is 8.89. The topological polar surface area (TPSA) is 43.5 Å². The molecule has 2 fully saturated rings. The highest BCUT2D eigenvalue weighted by atomic mass is 32.1. The van der Waals surface area contributed by atoms with Gasteiger partial charge in [-0.05, 0) is 43.1 Å². The minimum absolute atomic E-state index is 0.560. The fourth-order valence-corrected chi connectivity index (χ4v) is 4.30. The average Bonchev–Trinajstić information content (AvgIpc) is 2.65. The zero-order chi connectivity index (χ0) is 17.6. The van der Waals surface area contributed by atoms with Gasteiger partial charge in [0.1, 0.15) is 6.54 Å². The number of quaternary nitrogens is 1. The van der Waals surface area contributed by atoms with E-state index in [0.717, 1.165) is 49.3 Å². The smallest absolute Gasteiger partial charge is 0.169 e. The number of hydrogen-bond acceptors (Lipinski definition) is 2. The Balaban J connectivity index is 1.44. The van der Waals surface area contributed by atoms with Crippen LogP contribution in [0.15, 0.2) is 24.3 Å². The second kappa shape index (κ2) is 8.64. The largest absolute Gasteiger partial charge is 0.360 e. The van der Waals surface area contributed by atoms with E-state index in [0.29, 0.717) is 6.04 Å². The molecule has 1 aliphatic heterocycles. The van der Waals surface area contributed by atoms with Crippen LogP contribution in [-0.4, -0.2) is 42.2 Å². The molecule has 4 nitrogen and oxygen atoms in total. The van der Waals surface area contributed by atoms with E-state index >= 15 is 0 Å². The third-order valence-electron chi connectivity index (χ3n) is 5.72. The van der Waals surface area contributed by atoms with Crippen LogP contribution in [-0.2, 0) is 6.54 Å². The monoisotopic (exact) mass is 357 g/mol. The SMILES string of the molecule is C[C@H]1CCCC[C@@H]1NC(=S)N1CC[NH+](Cc2ccc(C#N)cc2)CC1. The maximum atomic E-state index is 8.89. The second-order valence-corrected chi connectivity index (χ2v) is 7.93. The normalized spacial score (nSPS) is 24.6. The number of nitrogens with one attached hydrogen (secondary N) is 2. The predicted octanol–water partition coefficient (Wildman–Crippen LogP) is 1.71. The van der Waals surface area contributed by atoms with Gasteiger partial charge in [0.05, 0.1) is 37.8 Å². The van der Waals surface area contributed by atoms with Crippen molar-refractivity contribution in [2.24, 2.45) is 5.92 Å². The summed E-state index contributed by atoms with van der Waals surface area (Å²) in [7, 11) is 0. The molecule has 0 unspecified atom stereocenters. The first-order valence-corrected chi connectivity index (χ1v) is 9.94. The van der Waals surface area contributed by atoms with E-state index in [1.54, 1.807) is 4.90 Å². The first-order valence-electron chi connectivity index (χ1n) is 9.54. The second-order valence-electron chi connectivity index (χ2n) is 7.54. The first kappa shape index (κ1) is 18.2. The van der Waals surface area contributed by atoms with E-state index in [2.05, 4.69) is 35.3 Å². The summed E-state index contributed by atoms with van der Waals surface area (Å²) in [4.78, 5) is 3.94. The first-order chi connectivity index (χ1) is 12.2. The molecule has 1 saturated heterocycles. The summed E-state index contributed by atoms with van der Waals surface area (Å²) >= 11 is 5.68. The Bertz CT molecular complexity index is 614. The zero-order valence-electron chi connectivity index (χ0n) is 15.1. The molecule has 5 heteroatoms. The van der Waals surface area contributed by atoms with Crippen molar-refractivity contribution in [3.05, 3.63) is 35.4 Å². The average molecular weight is 358 g/mol. The highest BCUT2D eigenvalue weighted by Gasteiger charge is 2.26. The number of hydrogen-bond donors (Lipinski definition) is 2. The Morgan fingerprint density at radius 3 is 2.56 bits per heavy atom. The molecule has 1 aliphatic carbocycles. The predicted molar refractivity (Wildman–Crippen MR) is 104 cm³/mol. The Hall–Kier alpha value is -1.64. The lowest BCUT2D eigenvalue weighted by molar-refractivity contribution is -0.917. The molecule has 2 N–H and O–H groups in total.